The molecule has 2 aromatic carbocycles. The molecule has 30 heavy (non-hydrogen) atoms. The normalized spacial score (nSPS) is 19.2. The van der Waals surface area contributed by atoms with E-state index < -0.39 is 0 Å². The van der Waals surface area contributed by atoms with Crippen LogP contribution >= 0.6 is 0 Å². The average molecular weight is 399 g/mol. The highest BCUT2D eigenvalue weighted by molar-refractivity contribution is 5.94. The second-order valence-corrected chi connectivity index (χ2v) is 7.85. The van der Waals surface area contributed by atoms with Crippen molar-refractivity contribution < 1.29 is 4.74 Å². The number of benzene rings is 2. The summed E-state index contributed by atoms with van der Waals surface area (Å²) in [6.07, 6.45) is 4.27. The number of H-pyrrole nitrogens is 1. The molecule has 2 aromatic heterocycles. The van der Waals surface area contributed by atoms with E-state index in [2.05, 4.69) is 70.4 Å². The van der Waals surface area contributed by atoms with Gasteiger partial charge in [-0.15, -0.1) is 0 Å². The molecular weight excluding hydrogens is 374 g/mol. The van der Waals surface area contributed by atoms with E-state index in [1.165, 1.54) is 5.69 Å². The van der Waals surface area contributed by atoms with Crippen molar-refractivity contribution in [3.05, 3.63) is 67.0 Å². The van der Waals surface area contributed by atoms with Crippen molar-refractivity contribution >= 4 is 28.2 Å². The fourth-order valence-corrected chi connectivity index (χ4v) is 4.13. The first-order valence-electron chi connectivity index (χ1n) is 10.3. The van der Waals surface area contributed by atoms with E-state index >= 15 is 0 Å². The predicted octanol–water partition coefficient (Wildman–Crippen LogP) is 4.98. The summed E-state index contributed by atoms with van der Waals surface area (Å²) >= 11 is 0. The minimum atomic E-state index is 0.243. The Labute approximate surface area is 175 Å². The van der Waals surface area contributed by atoms with Gasteiger partial charge in [0.15, 0.2) is 0 Å². The number of fused-ring (bicyclic) bond motifs is 1. The standard InChI is InChI=1S/C24H25N5O/c1-16-14-29(15-17(2)30-16)19-9-7-18(8-10-19)27-24-25-12-11-23(28-24)21-13-26-22-6-4-3-5-20(21)22/h3-13,16-17,26H,14-15H2,1-2H3,(H,25,27,28). The number of morpholine rings is 1. The second-order valence-electron chi connectivity index (χ2n) is 7.85. The number of anilines is 3. The van der Waals surface area contributed by atoms with Crippen LogP contribution in [0.4, 0.5) is 17.3 Å². The Morgan fingerprint density at radius 3 is 2.57 bits per heavy atom. The molecule has 0 aliphatic carbocycles. The molecule has 3 heterocycles. The third kappa shape index (κ3) is 3.74. The Balaban J connectivity index is 1.34. The molecular formula is C24H25N5O. The number of rotatable bonds is 4. The highest BCUT2D eigenvalue weighted by Gasteiger charge is 2.22. The van der Waals surface area contributed by atoms with Crippen molar-refractivity contribution in [2.75, 3.05) is 23.3 Å². The zero-order chi connectivity index (χ0) is 20.5. The summed E-state index contributed by atoms with van der Waals surface area (Å²) in [5, 5.41) is 4.48. The minimum Gasteiger partial charge on any atom is -0.372 e. The van der Waals surface area contributed by atoms with E-state index in [4.69, 9.17) is 9.72 Å². The zero-order valence-corrected chi connectivity index (χ0v) is 17.2. The molecule has 0 saturated carbocycles. The Morgan fingerprint density at radius 2 is 1.77 bits per heavy atom. The maximum Gasteiger partial charge on any atom is 0.227 e. The quantitative estimate of drug-likeness (QED) is 0.506. The summed E-state index contributed by atoms with van der Waals surface area (Å²) in [6, 6.07) is 18.6. The van der Waals surface area contributed by atoms with Gasteiger partial charge in [-0.2, -0.15) is 0 Å². The Bertz CT molecular complexity index is 1140. The van der Waals surface area contributed by atoms with Crippen LogP contribution < -0.4 is 10.2 Å². The average Bonchev–Trinajstić information content (AvgIpc) is 3.18. The lowest BCUT2D eigenvalue weighted by atomic mass is 10.1. The van der Waals surface area contributed by atoms with Crippen LogP contribution in [-0.2, 0) is 4.74 Å². The molecule has 2 atom stereocenters. The van der Waals surface area contributed by atoms with Gasteiger partial charge < -0.3 is 19.9 Å². The van der Waals surface area contributed by atoms with Gasteiger partial charge in [0.05, 0.1) is 17.9 Å². The van der Waals surface area contributed by atoms with Crippen molar-refractivity contribution in [2.24, 2.45) is 0 Å². The molecule has 1 fully saturated rings. The Hall–Kier alpha value is -3.38. The molecule has 6 heteroatoms. The van der Waals surface area contributed by atoms with Gasteiger partial charge in [0.2, 0.25) is 5.95 Å². The van der Waals surface area contributed by atoms with Gasteiger partial charge in [0.1, 0.15) is 0 Å². The third-order valence-electron chi connectivity index (χ3n) is 5.43. The van der Waals surface area contributed by atoms with Crippen LogP contribution in [0.25, 0.3) is 22.2 Å². The van der Waals surface area contributed by atoms with E-state index in [0.717, 1.165) is 40.9 Å². The Morgan fingerprint density at radius 1 is 1.00 bits per heavy atom. The van der Waals surface area contributed by atoms with E-state index in [1.807, 2.05) is 24.4 Å². The Kier molecular flexibility index (Phi) is 4.85. The molecule has 0 radical (unpaired) electrons. The third-order valence-corrected chi connectivity index (χ3v) is 5.43. The van der Waals surface area contributed by atoms with E-state index in [0.29, 0.717) is 5.95 Å². The first-order chi connectivity index (χ1) is 14.7. The maximum atomic E-state index is 5.84. The molecule has 0 amide bonds. The van der Waals surface area contributed by atoms with Gasteiger partial charge in [0.25, 0.3) is 0 Å². The largest absolute Gasteiger partial charge is 0.372 e. The van der Waals surface area contributed by atoms with Crippen molar-refractivity contribution in [1.29, 1.82) is 0 Å². The van der Waals surface area contributed by atoms with Gasteiger partial charge in [-0.25, -0.2) is 9.97 Å². The number of aromatic nitrogens is 3. The van der Waals surface area contributed by atoms with Crippen molar-refractivity contribution in [3.63, 3.8) is 0 Å². The van der Waals surface area contributed by atoms with E-state index in [-0.39, 0.29) is 12.2 Å². The number of nitrogens with zero attached hydrogens (tertiary/aromatic N) is 3. The zero-order valence-electron chi connectivity index (χ0n) is 17.2. The lowest BCUT2D eigenvalue weighted by Crippen LogP contribution is -2.45. The fourth-order valence-electron chi connectivity index (χ4n) is 4.13. The molecule has 6 nitrogen and oxygen atoms in total. The second kappa shape index (κ2) is 7.80. The number of hydrogen-bond donors (Lipinski definition) is 2. The highest BCUT2D eigenvalue weighted by Crippen LogP contribution is 2.28. The number of para-hydroxylation sites is 1. The summed E-state index contributed by atoms with van der Waals surface area (Å²) < 4.78 is 5.84. The summed E-state index contributed by atoms with van der Waals surface area (Å²) in [5.74, 6) is 0.583. The monoisotopic (exact) mass is 399 g/mol. The van der Waals surface area contributed by atoms with Crippen LogP contribution in [0, 0.1) is 0 Å². The number of nitrogens with one attached hydrogen (secondary N) is 2. The van der Waals surface area contributed by atoms with Gasteiger partial charge in [-0.05, 0) is 50.2 Å². The number of ether oxygens (including phenoxy) is 1. The molecule has 1 aliphatic rings. The van der Waals surface area contributed by atoms with Crippen molar-refractivity contribution in [3.8, 4) is 11.3 Å². The topological polar surface area (TPSA) is 66.1 Å². The molecule has 152 valence electrons. The molecule has 2 unspecified atom stereocenters. The maximum absolute atomic E-state index is 5.84. The van der Waals surface area contributed by atoms with Crippen molar-refractivity contribution in [1.82, 2.24) is 15.0 Å². The smallest absolute Gasteiger partial charge is 0.227 e. The molecule has 5 rings (SSSR count). The fraction of sp³-hybridized carbons (Fsp3) is 0.250. The van der Waals surface area contributed by atoms with E-state index in [9.17, 15) is 0 Å². The van der Waals surface area contributed by atoms with Crippen molar-refractivity contribution in [2.45, 2.75) is 26.1 Å². The molecule has 1 saturated heterocycles. The predicted molar refractivity (Wildman–Crippen MR) is 121 cm³/mol. The van der Waals surface area contributed by atoms with Gasteiger partial charge in [-0.1, -0.05) is 18.2 Å². The van der Waals surface area contributed by atoms with Gasteiger partial charge in [0, 0.05) is 53.3 Å². The molecule has 4 aromatic rings. The SMILES string of the molecule is CC1CN(c2ccc(Nc3nccc(-c4c[nH]c5ccccc45)n3)cc2)CC(C)O1. The van der Waals surface area contributed by atoms with Crippen LogP contribution in [-0.4, -0.2) is 40.2 Å². The first kappa shape index (κ1) is 18.6. The van der Waals surface area contributed by atoms with Gasteiger partial charge >= 0.3 is 0 Å². The summed E-state index contributed by atoms with van der Waals surface area (Å²) in [4.78, 5) is 14.8. The van der Waals surface area contributed by atoms with Crippen LogP contribution in [0.1, 0.15) is 13.8 Å². The lowest BCUT2D eigenvalue weighted by molar-refractivity contribution is -0.00521. The van der Waals surface area contributed by atoms with E-state index in [1.54, 1.807) is 6.20 Å². The summed E-state index contributed by atoms with van der Waals surface area (Å²) in [7, 11) is 0. The van der Waals surface area contributed by atoms with Crippen LogP contribution in [0.3, 0.4) is 0 Å². The number of hydrogen-bond acceptors (Lipinski definition) is 5. The highest BCUT2D eigenvalue weighted by atomic mass is 16.5. The molecule has 2 N–H and O–H groups in total. The first-order valence-corrected chi connectivity index (χ1v) is 10.3. The van der Waals surface area contributed by atoms with Crippen LogP contribution in [0.15, 0.2) is 67.0 Å². The van der Waals surface area contributed by atoms with Gasteiger partial charge in [-0.3, -0.25) is 0 Å². The minimum absolute atomic E-state index is 0.243. The molecule has 1 aliphatic heterocycles. The lowest BCUT2D eigenvalue weighted by Gasteiger charge is -2.36. The summed E-state index contributed by atoms with van der Waals surface area (Å²) in [6.45, 7) is 6.06. The number of aromatic amines is 1. The molecule has 0 bridgehead atoms. The van der Waals surface area contributed by atoms with Crippen LogP contribution in [0.2, 0.25) is 0 Å². The van der Waals surface area contributed by atoms with Crippen LogP contribution in [0.5, 0.6) is 0 Å². The molecule has 0 spiro atoms. The summed E-state index contributed by atoms with van der Waals surface area (Å²) in [5.41, 5.74) is 5.22.